The molecule has 0 radical (unpaired) electrons. The molecule has 0 spiro atoms. The van der Waals surface area contributed by atoms with E-state index in [9.17, 15) is 17.7 Å². The summed E-state index contributed by atoms with van der Waals surface area (Å²) >= 11 is 0. The number of nitrogens with zero attached hydrogens (tertiary/aromatic N) is 1. The standard InChI is InChI=1S/C17H15FN2O3S/c1-11-3-6-15(7-4-11)24(22,23)20(18)14-5-8-16-13(10-14)9-12(2)17(21)19-16/h3-10H,1-2H3,(H,19,21). The van der Waals surface area contributed by atoms with Gasteiger partial charge in [-0.1, -0.05) is 26.7 Å². The third kappa shape index (κ3) is 2.78. The maximum absolute atomic E-state index is 14.6. The largest absolute Gasteiger partial charge is 0.322 e. The maximum Gasteiger partial charge on any atom is 0.290 e. The van der Waals surface area contributed by atoms with Crippen LogP contribution in [0.1, 0.15) is 11.1 Å². The highest BCUT2D eigenvalue weighted by molar-refractivity contribution is 7.92. The molecular formula is C17H15FN2O3S. The van der Waals surface area contributed by atoms with Crippen LogP contribution < -0.4 is 10.1 Å². The molecule has 3 rings (SSSR count). The minimum Gasteiger partial charge on any atom is -0.322 e. The smallest absolute Gasteiger partial charge is 0.290 e. The molecule has 124 valence electrons. The lowest BCUT2D eigenvalue weighted by Gasteiger charge is -2.15. The van der Waals surface area contributed by atoms with Crippen LogP contribution in [0.15, 0.2) is 58.2 Å². The summed E-state index contributed by atoms with van der Waals surface area (Å²) in [6.07, 6.45) is 0. The van der Waals surface area contributed by atoms with E-state index in [1.165, 1.54) is 30.3 Å². The number of aryl methyl sites for hydroxylation is 2. The van der Waals surface area contributed by atoms with Gasteiger partial charge in [0.25, 0.3) is 15.6 Å². The van der Waals surface area contributed by atoms with Gasteiger partial charge in [-0.05, 0) is 50.2 Å². The van der Waals surface area contributed by atoms with Gasteiger partial charge in [-0.25, -0.2) is 0 Å². The predicted octanol–water partition coefficient (Wildman–Crippen LogP) is 3.22. The van der Waals surface area contributed by atoms with E-state index in [4.69, 9.17) is 0 Å². The maximum atomic E-state index is 14.6. The molecule has 24 heavy (non-hydrogen) atoms. The average Bonchev–Trinajstić information content (AvgIpc) is 2.55. The topological polar surface area (TPSA) is 70.2 Å². The number of nitrogens with one attached hydrogen (secondary N) is 1. The van der Waals surface area contributed by atoms with E-state index in [0.29, 0.717) is 16.5 Å². The van der Waals surface area contributed by atoms with Gasteiger partial charge in [-0.2, -0.15) is 8.42 Å². The van der Waals surface area contributed by atoms with Gasteiger partial charge in [0.1, 0.15) is 0 Å². The van der Waals surface area contributed by atoms with E-state index in [1.807, 2.05) is 6.92 Å². The molecule has 0 aliphatic carbocycles. The average molecular weight is 346 g/mol. The number of halogens is 1. The third-order valence-electron chi connectivity index (χ3n) is 3.75. The highest BCUT2D eigenvalue weighted by Gasteiger charge is 2.25. The molecule has 7 heteroatoms. The van der Waals surface area contributed by atoms with Crippen LogP contribution >= 0.6 is 0 Å². The Bertz CT molecular complexity index is 1070. The van der Waals surface area contributed by atoms with Gasteiger partial charge in [0.15, 0.2) is 0 Å². The number of sulfonamides is 1. The fourth-order valence-electron chi connectivity index (χ4n) is 2.35. The normalized spacial score (nSPS) is 11.6. The fraction of sp³-hybridized carbons (Fsp3) is 0.118. The van der Waals surface area contributed by atoms with Crippen LogP contribution in [0, 0.1) is 13.8 Å². The van der Waals surface area contributed by atoms with Gasteiger partial charge in [0, 0.05) is 16.5 Å². The van der Waals surface area contributed by atoms with Gasteiger partial charge in [-0.15, -0.1) is 0 Å². The lowest BCUT2D eigenvalue weighted by Crippen LogP contribution is -2.22. The minimum absolute atomic E-state index is 0.130. The second-order valence-electron chi connectivity index (χ2n) is 5.59. The summed E-state index contributed by atoms with van der Waals surface area (Å²) in [5.41, 5.74) is 1.49. The molecule has 0 saturated heterocycles. The van der Waals surface area contributed by atoms with Gasteiger partial charge >= 0.3 is 0 Å². The third-order valence-corrected chi connectivity index (χ3v) is 5.25. The lowest BCUT2D eigenvalue weighted by atomic mass is 10.1. The highest BCUT2D eigenvalue weighted by Crippen LogP contribution is 2.27. The van der Waals surface area contributed by atoms with E-state index >= 15 is 0 Å². The Morgan fingerprint density at radius 2 is 1.67 bits per heavy atom. The Balaban J connectivity index is 2.07. The van der Waals surface area contributed by atoms with Crippen LogP contribution in [0.25, 0.3) is 10.9 Å². The summed E-state index contributed by atoms with van der Waals surface area (Å²) in [4.78, 5) is 14.1. The second-order valence-corrected chi connectivity index (χ2v) is 7.33. The summed E-state index contributed by atoms with van der Waals surface area (Å²) in [5, 5.41) is 0.548. The Morgan fingerprint density at radius 3 is 2.33 bits per heavy atom. The highest BCUT2D eigenvalue weighted by atomic mass is 32.2. The first-order valence-corrected chi connectivity index (χ1v) is 8.64. The molecule has 5 nitrogen and oxygen atoms in total. The Hall–Kier alpha value is -2.67. The summed E-state index contributed by atoms with van der Waals surface area (Å²) in [5.74, 6) is 0. The number of H-pyrrole nitrogens is 1. The van der Waals surface area contributed by atoms with E-state index in [2.05, 4.69) is 4.98 Å². The molecule has 0 saturated carbocycles. The van der Waals surface area contributed by atoms with E-state index in [-0.39, 0.29) is 20.7 Å². The molecule has 0 atom stereocenters. The van der Waals surface area contributed by atoms with Crippen molar-refractivity contribution in [3.63, 3.8) is 0 Å². The number of hydrogen-bond acceptors (Lipinski definition) is 3. The molecule has 0 unspecified atom stereocenters. The van der Waals surface area contributed by atoms with Crippen molar-refractivity contribution in [3.8, 4) is 0 Å². The number of fused-ring (bicyclic) bond motifs is 1. The summed E-state index contributed by atoms with van der Waals surface area (Å²) in [6, 6.07) is 11.7. The SMILES string of the molecule is Cc1ccc(S(=O)(=O)N(F)c2ccc3[nH]c(=O)c(C)cc3c2)cc1. The molecule has 1 heterocycles. The minimum atomic E-state index is -4.30. The Kier molecular flexibility index (Phi) is 3.88. The molecule has 3 aromatic rings. The zero-order chi connectivity index (χ0) is 17.5. The number of hydrogen-bond donors (Lipinski definition) is 1. The lowest BCUT2D eigenvalue weighted by molar-refractivity contribution is 0.495. The van der Waals surface area contributed by atoms with Gasteiger partial charge in [0.05, 0.1) is 10.6 Å². The Morgan fingerprint density at radius 1 is 1.00 bits per heavy atom. The first-order chi connectivity index (χ1) is 11.3. The molecular weight excluding hydrogens is 331 g/mol. The van der Waals surface area contributed by atoms with Crippen molar-refractivity contribution in [2.75, 3.05) is 4.53 Å². The van der Waals surface area contributed by atoms with Gasteiger partial charge in [0.2, 0.25) is 0 Å². The molecule has 0 aliphatic rings. The molecule has 0 fully saturated rings. The van der Waals surface area contributed by atoms with Crippen molar-refractivity contribution in [2.24, 2.45) is 0 Å². The van der Waals surface area contributed by atoms with Crippen molar-refractivity contribution >= 4 is 26.6 Å². The van der Waals surface area contributed by atoms with E-state index < -0.39 is 10.0 Å². The van der Waals surface area contributed by atoms with Crippen molar-refractivity contribution in [3.05, 3.63) is 70.0 Å². The van der Waals surface area contributed by atoms with Crippen LogP contribution in [0.3, 0.4) is 0 Å². The van der Waals surface area contributed by atoms with Crippen molar-refractivity contribution in [1.82, 2.24) is 4.98 Å². The zero-order valence-corrected chi connectivity index (χ0v) is 13.9. The molecule has 0 amide bonds. The summed E-state index contributed by atoms with van der Waals surface area (Å²) in [6.45, 7) is 3.44. The second kappa shape index (κ2) is 5.76. The van der Waals surface area contributed by atoms with Crippen LogP contribution in [-0.2, 0) is 10.0 Å². The van der Waals surface area contributed by atoms with E-state index in [1.54, 1.807) is 25.1 Å². The van der Waals surface area contributed by atoms with Crippen molar-refractivity contribution < 1.29 is 12.9 Å². The van der Waals surface area contributed by atoms with Crippen molar-refractivity contribution in [1.29, 1.82) is 0 Å². The summed E-state index contributed by atoms with van der Waals surface area (Å²) < 4.78 is 39.1. The number of anilines is 1. The number of aromatic amines is 1. The monoisotopic (exact) mass is 346 g/mol. The molecule has 2 aromatic carbocycles. The predicted molar refractivity (Wildman–Crippen MR) is 91.3 cm³/mol. The van der Waals surface area contributed by atoms with Gasteiger partial charge < -0.3 is 4.98 Å². The first kappa shape index (κ1) is 16.2. The van der Waals surface area contributed by atoms with Crippen LogP contribution in [0.4, 0.5) is 10.2 Å². The number of aromatic nitrogens is 1. The van der Waals surface area contributed by atoms with Crippen molar-refractivity contribution in [2.45, 2.75) is 18.7 Å². The number of pyridine rings is 1. The van der Waals surface area contributed by atoms with Crippen LogP contribution in [0.5, 0.6) is 0 Å². The quantitative estimate of drug-likeness (QED) is 0.740. The van der Waals surface area contributed by atoms with E-state index in [0.717, 1.165) is 5.56 Å². The molecule has 1 aromatic heterocycles. The van der Waals surface area contributed by atoms with Gasteiger partial charge in [-0.3, -0.25) is 4.79 Å². The molecule has 1 N–H and O–H groups in total. The molecule has 0 aliphatic heterocycles. The number of rotatable bonds is 3. The fourth-order valence-corrected chi connectivity index (χ4v) is 3.41. The summed E-state index contributed by atoms with van der Waals surface area (Å²) in [7, 11) is -4.30. The van der Waals surface area contributed by atoms with Crippen LogP contribution in [-0.4, -0.2) is 13.4 Å². The van der Waals surface area contributed by atoms with Crippen LogP contribution in [0.2, 0.25) is 0 Å². The molecule has 0 bridgehead atoms. The zero-order valence-electron chi connectivity index (χ0n) is 13.1. The Labute approximate surface area is 138 Å². The first-order valence-electron chi connectivity index (χ1n) is 7.20. The number of benzene rings is 2.